The molecule has 0 radical (unpaired) electrons. The Bertz CT molecular complexity index is 269. The molecule has 0 fully saturated rings. The molecule has 0 saturated heterocycles. The van der Waals surface area contributed by atoms with E-state index < -0.39 is 6.10 Å². The Kier molecular flexibility index (Phi) is 3.58. The van der Waals surface area contributed by atoms with E-state index in [2.05, 4.69) is 47.8 Å². The molecule has 0 bridgehead atoms. The van der Waals surface area contributed by atoms with Crippen molar-refractivity contribution in [3.63, 3.8) is 0 Å². The minimum absolute atomic E-state index is 0.419. The highest BCUT2D eigenvalue weighted by molar-refractivity contribution is 9.14. The molecule has 0 spiro atoms. The fourth-order valence-electron chi connectivity index (χ4n) is 0.649. The van der Waals surface area contributed by atoms with Crippen molar-refractivity contribution in [3.8, 4) is 0 Å². The van der Waals surface area contributed by atoms with Crippen LogP contribution in [-0.4, -0.2) is 5.11 Å². The summed E-state index contributed by atoms with van der Waals surface area (Å²) in [5.74, 6) is 0. The largest absolute Gasteiger partial charge is 0.388 e. The van der Waals surface area contributed by atoms with Gasteiger partial charge in [0.1, 0.15) is 0 Å². The molecule has 1 rings (SSSR count). The van der Waals surface area contributed by atoms with Crippen molar-refractivity contribution in [3.05, 3.63) is 17.6 Å². The van der Waals surface area contributed by atoms with Crippen molar-refractivity contribution in [1.82, 2.24) is 0 Å². The van der Waals surface area contributed by atoms with Crippen molar-refractivity contribution in [1.29, 1.82) is 0 Å². The third-order valence-corrected chi connectivity index (χ3v) is 6.40. The lowest BCUT2D eigenvalue weighted by Gasteiger charge is -1.99. The van der Waals surface area contributed by atoms with Gasteiger partial charge >= 0.3 is 0 Å². The van der Waals surface area contributed by atoms with Gasteiger partial charge in [0.15, 0.2) is 0 Å². The van der Waals surface area contributed by atoms with Gasteiger partial charge in [0.25, 0.3) is 0 Å². The molecule has 62 valence electrons. The molecular weight excluding hydrogens is 360 g/mol. The molecule has 5 heteroatoms. The molecule has 11 heavy (non-hydrogen) atoms. The SMILES string of the molecule is C[C@H](O)c1sc(Br)c(Br)c1Br. The summed E-state index contributed by atoms with van der Waals surface area (Å²) in [4.78, 5) is 0.934. The van der Waals surface area contributed by atoms with E-state index in [1.165, 1.54) is 11.3 Å². The van der Waals surface area contributed by atoms with E-state index in [4.69, 9.17) is 0 Å². The fraction of sp³-hybridized carbons (Fsp3) is 0.333. The van der Waals surface area contributed by atoms with Gasteiger partial charge in [-0.3, -0.25) is 0 Å². The molecule has 1 N–H and O–H groups in total. The quantitative estimate of drug-likeness (QED) is 0.795. The van der Waals surface area contributed by atoms with Gasteiger partial charge in [0, 0.05) is 9.35 Å². The Morgan fingerprint density at radius 3 is 2.00 bits per heavy atom. The fourth-order valence-corrected chi connectivity index (χ4v) is 3.87. The summed E-state index contributed by atoms with van der Waals surface area (Å²) < 4.78 is 2.91. The van der Waals surface area contributed by atoms with E-state index in [9.17, 15) is 5.11 Å². The summed E-state index contributed by atoms with van der Waals surface area (Å²) >= 11 is 11.6. The number of aliphatic hydroxyl groups is 1. The van der Waals surface area contributed by atoms with E-state index in [-0.39, 0.29) is 0 Å². The Balaban J connectivity index is 3.19. The molecule has 0 aliphatic heterocycles. The van der Waals surface area contributed by atoms with E-state index in [1.54, 1.807) is 6.92 Å². The summed E-state index contributed by atoms with van der Waals surface area (Å²) in [6.45, 7) is 1.75. The first-order valence-corrected chi connectivity index (χ1v) is 6.04. The van der Waals surface area contributed by atoms with Crippen LogP contribution < -0.4 is 0 Å². The van der Waals surface area contributed by atoms with E-state index in [1.807, 2.05) is 0 Å². The Morgan fingerprint density at radius 2 is 1.82 bits per heavy atom. The van der Waals surface area contributed by atoms with Crippen molar-refractivity contribution in [2.24, 2.45) is 0 Å². The molecule has 1 heterocycles. The van der Waals surface area contributed by atoms with Crippen LogP contribution in [0, 0.1) is 0 Å². The maximum atomic E-state index is 9.28. The Hall–Kier alpha value is 1.10. The second-order valence-electron chi connectivity index (χ2n) is 2.04. The molecule has 1 aromatic heterocycles. The number of hydrogen-bond acceptors (Lipinski definition) is 2. The molecule has 0 unspecified atom stereocenters. The molecule has 0 aliphatic rings. The van der Waals surface area contributed by atoms with Gasteiger partial charge in [-0.15, -0.1) is 11.3 Å². The van der Waals surface area contributed by atoms with Gasteiger partial charge in [0.2, 0.25) is 0 Å². The number of rotatable bonds is 1. The summed E-state index contributed by atoms with van der Waals surface area (Å²) in [7, 11) is 0. The zero-order valence-corrected chi connectivity index (χ0v) is 11.1. The number of aliphatic hydroxyl groups excluding tert-OH is 1. The van der Waals surface area contributed by atoms with Crippen molar-refractivity contribution >= 4 is 59.1 Å². The topological polar surface area (TPSA) is 20.2 Å². The Morgan fingerprint density at radius 1 is 1.27 bits per heavy atom. The Labute approximate surface area is 94.2 Å². The van der Waals surface area contributed by atoms with Crippen LogP contribution in [0.3, 0.4) is 0 Å². The zero-order chi connectivity index (χ0) is 8.59. The molecular formula is C6H5Br3OS. The molecule has 1 atom stereocenters. The summed E-state index contributed by atoms with van der Waals surface area (Å²) in [5, 5.41) is 9.28. The van der Waals surface area contributed by atoms with E-state index in [0.29, 0.717) is 0 Å². The van der Waals surface area contributed by atoms with Crippen LogP contribution in [0.15, 0.2) is 12.7 Å². The third-order valence-electron chi connectivity index (χ3n) is 1.16. The first kappa shape index (κ1) is 10.2. The monoisotopic (exact) mass is 362 g/mol. The standard InChI is InChI=1S/C6H5Br3OS/c1-2(10)5-3(7)4(8)6(9)11-5/h2,10H,1H3/t2-/m0/s1. The lowest BCUT2D eigenvalue weighted by atomic mass is 10.3. The van der Waals surface area contributed by atoms with Gasteiger partial charge in [-0.05, 0) is 54.7 Å². The maximum absolute atomic E-state index is 9.28. The summed E-state index contributed by atoms with van der Waals surface area (Å²) in [5.41, 5.74) is 0. The highest BCUT2D eigenvalue weighted by Crippen LogP contribution is 2.43. The lowest BCUT2D eigenvalue weighted by Crippen LogP contribution is -1.85. The second-order valence-corrected chi connectivity index (χ2v) is 6.00. The molecule has 0 aromatic carbocycles. The van der Waals surface area contributed by atoms with Crippen LogP contribution in [0.2, 0.25) is 0 Å². The smallest absolute Gasteiger partial charge is 0.0866 e. The number of hydrogen-bond donors (Lipinski definition) is 1. The summed E-state index contributed by atoms with van der Waals surface area (Å²) in [6.07, 6.45) is -0.419. The van der Waals surface area contributed by atoms with Crippen LogP contribution >= 0.6 is 59.1 Å². The molecule has 0 saturated carbocycles. The average molecular weight is 365 g/mol. The van der Waals surface area contributed by atoms with Crippen molar-refractivity contribution < 1.29 is 5.11 Å². The predicted octanol–water partition coefficient (Wildman–Crippen LogP) is 4.09. The molecule has 0 amide bonds. The van der Waals surface area contributed by atoms with Gasteiger partial charge in [-0.25, -0.2) is 0 Å². The van der Waals surface area contributed by atoms with Crippen LogP contribution in [0.4, 0.5) is 0 Å². The van der Waals surface area contributed by atoms with Crippen molar-refractivity contribution in [2.75, 3.05) is 0 Å². The van der Waals surface area contributed by atoms with Gasteiger partial charge < -0.3 is 5.11 Å². The van der Waals surface area contributed by atoms with Crippen LogP contribution in [0.1, 0.15) is 17.9 Å². The van der Waals surface area contributed by atoms with Gasteiger partial charge in [-0.1, -0.05) is 0 Å². The van der Waals surface area contributed by atoms with Crippen LogP contribution in [0.5, 0.6) is 0 Å². The third kappa shape index (κ3) is 2.06. The predicted molar refractivity (Wildman–Crippen MR) is 58.1 cm³/mol. The van der Waals surface area contributed by atoms with Gasteiger partial charge in [0.05, 0.1) is 14.4 Å². The maximum Gasteiger partial charge on any atom is 0.0866 e. The van der Waals surface area contributed by atoms with Crippen LogP contribution in [0.25, 0.3) is 0 Å². The minimum atomic E-state index is -0.419. The summed E-state index contributed by atoms with van der Waals surface area (Å²) in [6, 6.07) is 0. The number of thiophene rings is 1. The van der Waals surface area contributed by atoms with Crippen LogP contribution in [-0.2, 0) is 0 Å². The second kappa shape index (κ2) is 3.87. The molecule has 0 aliphatic carbocycles. The first-order valence-electron chi connectivity index (χ1n) is 2.85. The highest BCUT2D eigenvalue weighted by Gasteiger charge is 2.15. The van der Waals surface area contributed by atoms with E-state index >= 15 is 0 Å². The van der Waals surface area contributed by atoms with Crippen molar-refractivity contribution in [2.45, 2.75) is 13.0 Å². The zero-order valence-electron chi connectivity index (χ0n) is 5.57. The lowest BCUT2D eigenvalue weighted by molar-refractivity contribution is 0.202. The van der Waals surface area contributed by atoms with E-state index in [0.717, 1.165) is 17.6 Å². The minimum Gasteiger partial charge on any atom is -0.388 e. The average Bonchev–Trinajstić information content (AvgIpc) is 2.17. The molecule has 1 nitrogen and oxygen atoms in total. The highest BCUT2D eigenvalue weighted by atomic mass is 79.9. The first-order chi connectivity index (χ1) is 5.04. The normalized spacial score (nSPS) is 13.5. The van der Waals surface area contributed by atoms with Gasteiger partial charge in [-0.2, -0.15) is 0 Å². The molecule has 1 aromatic rings. The number of halogens is 3.